The molecule has 5 nitrogen and oxygen atoms in total. The lowest BCUT2D eigenvalue weighted by molar-refractivity contribution is -0.122. The molecule has 0 aromatic carbocycles. The Balaban J connectivity index is 2.51. The zero-order chi connectivity index (χ0) is 11.4. The summed E-state index contributed by atoms with van der Waals surface area (Å²) < 4.78 is 4.88. The van der Waals surface area contributed by atoms with E-state index in [0.717, 1.165) is 0 Å². The van der Waals surface area contributed by atoms with Crippen molar-refractivity contribution in [3.63, 3.8) is 0 Å². The van der Waals surface area contributed by atoms with E-state index in [-0.39, 0.29) is 6.61 Å². The van der Waals surface area contributed by atoms with Crippen molar-refractivity contribution in [2.75, 3.05) is 12.3 Å². The van der Waals surface area contributed by atoms with E-state index in [9.17, 15) is 9.59 Å². The number of hydrogen-bond donors (Lipinski definition) is 2. The monoisotopic (exact) mass is 228 g/mol. The average Bonchev–Trinajstić information content (AvgIpc) is 2.60. The Labute approximate surface area is 91.0 Å². The number of ether oxygens (including phenoxy) is 1. The number of amides is 1. The van der Waals surface area contributed by atoms with Crippen LogP contribution >= 0.6 is 11.3 Å². The fraction of sp³-hybridized carbons (Fsp3) is 0.333. The number of rotatable bonds is 4. The molecule has 1 heterocycles. The molecule has 0 saturated heterocycles. The van der Waals surface area contributed by atoms with Crippen LogP contribution in [-0.2, 0) is 9.53 Å². The number of anilines is 1. The maximum atomic E-state index is 11.4. The van der Waals surface area contributed by atoms with Crippen LogP contribution in [0, 0.1) is 5.92 Å². The van der Waals surface area contributed by atoms with E-state index in [0.29, 0.717) is 10.6 Å². The molecule has 82 valence electrons. The first-order valence-electron chi connectivity index (χ1n) is 4.31. The summed E-state index contributed by atoms with van der Waals surface area (Å²) in [5, 5.41) is 1.70. The summed E-state index contributed by atoms with van der Waals surface area (Å²) in [7, 11) is 0. The molecule has 0 saturated carbocycles. The fourth-order valence-electron chi connectivity index (χ4n) is 0.833. The quantitative estimate of drug-likeness (QED) is 0.738. The standard InChI is InChI=1S/C9H12N2O3S/c1-5(8(11)12)4-14-9(13)7-6(10)2-3-15-7/h2-3,5H,4,10H2,1H3,(H2,11,12). The van der Waals surface area contributed by atoms with Gasteiger partial charge < -0.3 is 16.2 Å². The van der Waals surface area contributed by atoms with Crippen LogP contribution in [0.4, 0.5) is 5.69 Å². The van der Waals surface area contributed by atoms with E-state index in [1.807, 2.05) is 0 Å². The summed E-state index contributed by atoms with van der Waals surface area (Å²) in [6, 6.07) is 1.62. The second kappa shape index (κ2) is 4.79. The van der Waals surface area contributed by atoms with Crippen LogP contribution in [0.1, 0.15) is 16.6 Å². The highest BCUT2D eigenvalue weighted by Gasteiger charge is 2.16. The Kier molecular flexibility index (Phi) is 3.68. The molecular weight excluding hydrogens is 216 g/mol. The first-order chi connectivity index (χ1) is 7.02. The van der Waals surface area contributed by atoms with Crippen molar-refractivity contribution in [2.45, 2.75) is 6.92 Å². The summed E-state index contributed by atoms with van der Waals surface area (Å²) in [5.41, 5.74) is 10.9. The van der Waals surface area contributed by atoms with Gasteiger partial charge in [-0.2, -0.15) is 0 Å². The molecule has 4 N–H and O–H groups in total. The predicted octanol–water partition coefficient (Wildman–Crippen LogP) is 0.609. The van der Waals surface area contributed by atoms with Gasteiger partial charge in [0.05, 0.1) is 11.6 Å². The molecule has 0 aliphatic carbocycles. The molecule has 0 radical (unpaired) electrons. The summed E-state index contributed by atoms with van der Waals surface area (Å²) >= 11 is 1.20. The van der Waals surface area contributed by atoms with E-state index in [2.05, 4.69) is 0 Å². The van der Waals surface area contributed by atoms with Gasteiger partial charge in [-0.05, 0) is 11.4 Å². The van der Waals surface area contributed by atoms with Crippen molar-refractivity contribution in [1.82, 2.24) is 0 Å². The molecule has 0 spiro atoms. The van der Waals surface area contributed by atoms with Crippen molar-refractivity contribution in [1.29, 1.82) is 0 Å². The maximum absolute atomic E-state index is 11.4. The third kappa shape index (κ3) is 2.95. The first-order valence-corrected chi connectivity index (χ1v) is 5.19. The van der Waals surface area contributed by atoms with Crippen LogP contribution in [0.5, 0.6) is 0 Å². The number of hydrogen-bond acceptors (Lipinski definition) is 5. The van der Waals surface area contributed by atoms with Crippen molar-refractivity contribution in [3.05, 3.63) is 16.3 Å². The van der Waals surface area contributed by atoms with Crippen LogP contribution < -0.4 is 11.5 Å². The lowest BCUT2D eigenvalue weighted by Crippen LogP contribution is -2.25. The SMILES string of the molecule is CC(COC(=O)c1sccc1N)C(N)=O. The van der Waals surface area contributed by atoms with E-state index in [4.69, 9.17) is 16.2 Å². The highest BCUT2D eigenvalue weighted by Crippen LogP contribution is 2.19. The molecule has 15 heavy (non-hydrogen) atoms. The highest BCUT2D eigenvalue weighted by atomic mass is 32.1. The van der Waals surface area contributed by atoms with Crippen molar-refractivity contribution in [2.24, 2.45) is 11.7 Å². The van der Waals surface area contributed by atoms with Gasteiger partial charge in [0, 0.05) is 0 Å². The summed E-state index contributed by atoms with van der Waals surface area (Å²) in [6.07, 6.45) is 0. The topological polar surface area (TPSA) is 95.4 Å². The minimum absolute atomic E-state index is 0.0223. The first kappa shape index (κ1) is 11.5. The number of carbonyl (C=O) groups is 2. The molecule has 1 unspecified atom stereocenters. The molecule has 0 aliphatic rings. The highest BCUT2D eigenvalue weighted by molar-refractivity contribution is 7.12. The smallest absolute Gasteiger partial charge is 0.350 e. The fourth-order valence-corrected chi connectivity index (χ4v) is 1.54. The number of carbonyl (C=O) groups excluding carboxylic acids is 2. The molecule has 1 aromatic heterocycles. The van der Waals surface area contributed by atoms with Gasteiger partial charge in [0.15, 0.2) is 0 Å². The maximum Gasteiger partial charge on any atom is 0.350 e. The number of primary amides is 1. The van der Waals surface area contributed by atoms with Gasteiger partial charge in [0.2, 0.25) is 5.91 Å². The van der Waals surface area contributed by atoms with Crippen molar-refractivity contribution >= 4 is 28.9 Å². The molecule has 0 bridgehead atoms. The van der Waals surface area contributed by atoms with Crippen LogP contribution in [0.25, 0.3) is 0 Å². The Morgan fingerprint density at radius 1 is 1.60 bits per heavy atom. The molecule has 0 fully saturated rings. The minimum atomic E-state index is -0.518. The van der Waals surface area contributed by atoms with Gasteiger partial charge in [-0.15, -0.1) is 11.3 Å². The van der Waals surface area contributed by atoms with Gasteiger partial charge in [-0.1, -0.05) is 6.92 Å². The molecular formula is C9H12N2O3S. The van der Waals surface area contributed by atoms with Gasteiger partial charge in [-0.25, -0.2) is 4.79 Å². The van der Waals surface area contributed by atoms with Crippen LogP contribution in [0.3, 0.4) is 0 Å². The Hall–Kier alpha value is -1.56. The molecule has 1 atom stereocenters. The molecule has 1 amide bonds. The summed E-state index contributed by atoms with van der Waals surface area (Å²) in [6.45, 7) is 1.57. The number of thiophene rings is 1. The van der Waals surface area contributed by atoms with Crippen LogP contribution in [-0.4, -0.2) is 18.5 Å². The summed E-state index contributed by atoms with van der Waals surface area (Å²) in [5.74, 6) is -1.51. The van der Waals surface area contributed by atoms with Crippen molar-refractivity contribution in [3.8, 4) is 0 Å². The van der Waals surface area contributed by atoms with Crippen LogP contribution in [0.2, 0.25) is 0 Å². The van der Waals surface area contributed by atoms with Crippen LogP contribution in [0.15, 0.2) is 11.4 Å². The largest absolute Gasteiger partial charge is 0.461 e. The third-order valence-electron chi connectivity index (χ3n) is 1.83. The van der Waals surface area contributed by atoms with Crippen molar-refractivity contribution < 1.29 is 14.3 Å². The average molecular weight is 228 g/mol. The molecule has 1 rings (SSSR count). The number of nitrogen functional groups attached to an aromatic ring is 1. The molecule has 0 aliphatic heterocycles. The Morgan fingerprint density at radius 2 is 2.27 bits per heavy atom. The predicted molar refractivity (Wildman–Crippen MR) is 57.4 cm³/mol. The second-order valence-electron chi connectivity index (χ2n) is 3.11. The van der Waals surface area contributed by atoms with E-state index in [1.54, 1.807) is 18.4 Å². The zero-order valence-electron chi connectivity index (χ0n) is 8.23. The van der Waals surface area contributed by atoms with Gasteiger partial charge in [-0.3, -0.25) is 4.79 Å². The minimum Gasteiger partial charge on any atom is -0.461 e. The van der Waals surface area contributed by atoms with Gasteiger partial charge in [0.1, 0.15) is 11.5 Å². The Bertz CT molecular complexity index is 375. The zero-order valence-corrected chi connectivity index (χ0v) is 9.04. The Morgan fingerprint density at radius 3 is 2.73 bits per heavy atom. The lowest BCUT2D eigenvalue weighted by Gasteiger charge is -2.07. The molecule has 1 aromatic rings. The second-order valence-corrected chi connectivity index (χ2v) is 4.02. The third-order valence-corrected chi connectivity index (χ3v) is 2.74. The molecule has 6 heteroatoms. The normalized spacial score (nSPS) is 12.1. The van der Waals surface area contributed by atoms with Gasteiger partial charge >= 0.3 is 5.97 Å². The van der Waals surface area contributed by atoms with E-state index in [1.165, 1.54) is 11.3 Å². The number of esters is 1. The van der Waals surface area contributed by atoms with E-state index >= 15 is 0 Å². The van der Waals surface area contributed by atoms with E-state index < -0.39 is 17.8 Å². The van der Waals surface area contributed by atoms with Gasteiger partial charge in [0.25, 0.3) is 0 Å². The lowest BCUT2D eigenvalue weighted by atomic mass is 10.2. The number of nitrogens with two attached hydrogens (primary N) is 2. The summed E-state index contributed by atoms with van der Waals surface area (Å²) in [4.78, 5) is 22.4.